The molecule has 0 spiro atoms. The molecule has 3 N–H and O–H groups in total. The Morgan fingerprint density at radius 3 is 2.89 bits per heavy atom. The highest BCUT2D eigenvalue weighted by molar-refractivity contribution is 5.44. The molecule has 0 unspecified atom stereocenters. The molecule has 2 aromatic rings. The molecule has 96 valence electrons. The predicted molar refractivity (Wildman–Crippen MR) is 64.2 cm³/mol. The first-order valence-corrected chi connectivity index (χ1v) is 5.66. The second-order valence-corrected chi connectivity index (χ2v) is 3.95. The lowest BCUT2D eigenvalue weighted by molar-refractivity contribution is 0.371. The summed E-state index contributed by atoms with van der Waals surface area (Å²) in [6.07, 6.45) is 0.625. The first-order chi connectivity index (χ1) is 8.66. The van der Waals surface area contributed by atoms with Crippen LogP contribution in [-0.2, 0) is 13.0 Å². The molecule has 0 bridgehead atoms. The summed E-state index contributed by atoms with van der Waals surface area (Å²) in [5.41, 5.74) is 0.650. The lowest BCUT2D eigenvalue weighted by atomic mass is 10.2. The maximum absolute atomic E-state index is 9.59. The van der Waals surface area contributed by atoms with Crippen molar-refractivity contribution in [1.82, 2.24) is 15.5 Å². The van der Waals surface area contributed by atoms with Gasteiger partial charge in [-0.05, 0) is 13.0 Å². The minimum atomic E-state index is -0.109. The number of aromatic hydroxyl groups is 2. The van der Waals surface area contributed by atoms with Crippen molar-refractivity contribution in [2.75, 3.05) is 6.54 Å². The minimum absolute atomic E-state index is 0.0846. The summed E-state index contributed by atoms with van der Waals surface area (Å²) >= 11 is 0. The molecular formula is C12H15N3O3. The molecule has 0 aliphatic rings. The van der Waals surface area contributed by atoms with Gasteiger partial charge in [0.05, 0.1) is 0 Å². The summed E-state index contributed by atoms with van der Waals surface area (Å²) in [6.45, 7) is 2.88. The number of benzene rings is 1. The second kappa shape index (κ2) is 5.50. The van der Waals surface area contributed by atoms with Crippen LogP contribution < -0.4 is 5.32 Å². The highest BCUT2D eigenvalue weighted by Crippen LogP contribution is 2.27. The molecule has 0 aliphatic heterocycles. The highest BCUT2D eigenvalue weighted by Gasteiger charge is 2.06. The number of phenolic OH excluding ortho intramolecular Hbond substituents is 2. The number of para-hydroxylation sites is 1. The number of hydrogen-bond donors (Lipinski definition) is 3. The molecule has 1 aromatic heterocycles. The van der Waals surface area contributed by atoms with Gasteiger partial charge in [-0.15, -0.1) is 0 Å². The third-order valence-electron chi connectivity index (χ3n) is 2.50. The van der Waals surface area contributed by atoms with Gasteiger partial charge in [0.25, 0.3) is 0 Å². The molecule has 0 saturated heterocycles. The van der Waals surface area contributed by atoms with E-state index in [0.29, 0.717) is 36.8 Å². The van der Waals surface area contributed by atoms with Crippen LogP contribution in [0.1, 0.15) is 17.3 Å². The first kappa shape index (κ1) is 12.4. The zero-order valence-electron chi connectivity index (χ0n) is 10.1. The van der Waals surface area contributed by atoms with Crippen molar-refractivity contribution in [3.05, 3.63) is 35.5 Å². The molecule has 1 aromatic carbocycles. The Balaban J connectivity index is 1.80. The average Bonchev–Trinajstić information content (AvgIpc) is 2.76. The maximum Gasteiger partial charge on any atom is 0.227 e. The summed E-state index contributed by atoms with van der Waals surface area (Å²) < 4.78 is 4.97. The quantitative estimate of drug-likeness (QED) is 0.543. The van der Waals surface area contributed by atoms with Crippen LogP contribution in [0.2, 0.25) is 0 Å². The van der Waals surface area contributed by atoms with Crippen LogP contribution in [0, 0.1) is 6.92 Å². The zero-order chi connectivity index (χ0) is 13.0. The van der Waals surface area contributed by atoms with E-state index in [-0.39, 0.29) is 11.5 Å². The van der Waals surface area contributed by atoms with Gasteiger partial charge in [-0.3, -0.25) is 0 Å². The van der Waals surface area contributed by atoms with Crippen molar-refractivity contribution < 1.29 is 14.7 Å². The Morgan fingerprint density at radius 1 is 1.33 bits per heavy atom. The van der Waals surface area contributed by atoms with Crippen LogP contribution in [0.3, 0.4) is 0 Å². The van der Waals surface area contributed by atoms with Gasteiger partial charge in [-0.1, -0.05) is 17.3 Å². The second-order valence-electron chi connectivity index (χ2n) is 3.95. The minimum Gasteiger partial charge on any atom is -0.504 e. The van der Waals surface area contributed by atoms with Crippen LogP contribution in [0.25, 0.3) is 0 Å². The summed E-state index contributed by atoms with van der Waals surface area (Å²) in [5, 5.41) is 25.7. The Kier molecular flexibility index (Phi) is 3.78. The van der Waals surface area contributed by atoms with E-state index in [0.717, 1.165) is 0 Å². The molecule has 1 heterocycles. The van der Waals surface area contributed by atoms with Gasteiger partial charge in [0.1, 0.15) is 0 Å². The van der Waals surface area contributed by atoms with Gasteiger partial charge < -0.3 is 20.1 Å². The Bertz CT molecular complexity index is 525. The Labute approximate surface area is 104 Å². The van der Waals surface area contributed by atoms with Crippen LogP contribution >= 0.6 is 0 Å². The summed E-state index contributed by atoms with van der Waals surface area (Å²) in [6, 6.07) is 4.88. The van der Waals surface area contributed by atoms with Crippen LogP contribution in [0.5, 0.6) is 11.5 Å². The van der Waals surface area contributed by atoms with E-state index in [1.54, 1.807) is 19.1 Å². The lowest BCUT2D eigenvalue weighted by Crippen LogP contribution is -2.16. The van der Waals surface area contributed by atoms with E-state index in [1.165, 1.54) is 6.07 Å². The topological polar surface area (TPSA) is 91.4 Å². The standard InChI is InChI=1S/C12H15N3O3/c1-8-14-11(18-15-8)5-6-13-7-9-3-2-4-10(16)12(9)17/h2-4,13,16-17H,5-7H2,1H3. The van der Waals surface area contributed by atoms with Gasteiger partial charge >= 0.3 is 0 Å². The van der Waals surface area contributed by atoms with E-state index in [2.05, 4.69) is 15.5 Å². The van der Waals surface area contributed by atoms with Crippen molar-refractivity contribution >= 4 is 0 Å². The number of nitrogens with one attached hydrogen (secondary N) is 1. The summed E-state index contributed by atoms with van der Waals surface area (Å²) in [5.74, 6) is 1.01. The number of aryl methyl sites for hydroxylation is 1. The maximum atomic E-state index is 9.59. The lowest BCUT2D eigenvalue weighted by Gasteiger charge is -2.06. The van der Waals surface area contributed by atoms with Crippen molar-refractivity contribution in [2.45, 2.75) is 19.9 Å². The molecule has 6 heteroatoms. The molecule has 0 amide bonds. The van der Waals surface area contributed by atoms with E-state index in [1.807, 2.05) is 0 Å². The molecule has 0 saturated carbocycles. The van der Waals surface area contributed by atoms with E-state index < -0.39 is 0 Å². The van der Waals surface area contributed by atoms with E-state index in [9.17, 15) is 10.2 Å². The van der Waals surface area contributed by atoms with Crippen LogP contribution in [-0.4, -0.2) is 26.9 Å². The molecule has 2 rings (SSSR count). The van der Waals surface area contributed by atoms with E-state index in [4.69, 9.17) is 4.52 Å². The highest BCUT2D eigenvalue weighted by atomic mass is 16.5. The molecule has 18 heavy (non-hydrogen) atoms. The van der Waals surface area contributed by atoms with Crippen LogP contribution in [0.4, 0.5) is 0 Å². The summed E-state index contributed by atoms with van der Waals surface area (Å²) in [7, 11) is 0. The number of rotatable bonds is 5. The van der Waals surface area contributed by atoms with Gasteiger partial charge in [0.15, 0.2) is 17.3 Å². The monoisotopic (exact) mass is 249 g/mol. The zero-order valence-corrected chi connectivity index (χ0v) is 10.1. The molecule has 0 fully saturated rings. The normalized spacial score (nSPS) is 10.7. The fraction of sp³-hybridized carbons (Fsp3) is 0.333. The smallest absolute Gasteiger partial charge is 0.227 e. The third-order valence-corrected chi connectivity index (χ3v) is 2.50. The number of hydrogen-bond acceptors (Lipinski definition) is 6. The SMILES string of the molecule is Cc1noc(CCNCc2cccc(O)c2O)n1. The summed E-state index contributed by atoms with van der Waals surface area (Å²) in [4.78, 5) is 4.08. The van der Waals surface area contributed by atoms with Crippen molar-refractivity contribution in [1.29, 1.82) is 0 Å². The number of aromatic nitrogens is 2. The first-order valence-electron chi connectivity index (χ1n) is 5.66. The van der Waals surface area contributed by atoms with Crippen LogP contribution in [0.15, 0.2) is 22.7 Å². The van der Waals surface area contributed by atoms with Crippen molar-refractivity contribution in [3.63, 3.8) is 0 Å². The molecule has 0 atom stereocenters. The number of phenols is 2. The number of nitrogens with zero attached hydrogens (tertiary/aromatic N) is 2. The van der Waals surface area contributed by atoms with Gasteiger partial charge in [0.2, 0.25) is 5.89 Å². The fourth-order valence-corrected chi connectivity index (χ4v) is 1.58. The predicted octanol–water partition coefficient (Wildman–Crippen LogP) is 1.12. The van der Waals surface area contributed by atoms with Crippen molar-refractivity contribution in [3.8, 4) is 11.5 Å². The average molecular weight is 249 g/mol. The fourth-order valence-electron chi connectivity index (χ4n) is 1.58. The molecule has 0 radical (unpaired) electrons. The van der Waals surface area contributed by atoms with Gasteiger partial charge in [-0.25, -0.2) is 0 Å². The third kappa shape index (κ3) is 2.98. The Morgan fingerprint density at radius 2 is 2.17 bits per heavy atom. The molecule has 6 nitrogen and oxygen atoms in total. The van der Waals surface area contributed by atoms with Gasteiger partial charge in [0, 0.05) is 25.1 Å². The molecule has 0 aliphatic carbocycles. The largest absolute Gasteiger partial charge is 0.504 e. The Hall–Kier alpha value is -2.08. The van der Waals surface area contributed by atoms with Gasteiger partial charge in [-0.2, -0.15) is 4.98 Å². The van der Waals surface area contributed by atoms with Crippen molar-refractivity contribution in [2.24, 2.45) is 0 Å². The van der Waals surface area contributed by atoms with E-state index >= 15 is 0 Å². The molecular weight excluding hydrogens is 234 g/mol.